The highest BCUT2D eigenvalue weighted by Gasteiger charge is 2.24. The van der Waals surface area contributed by atoms with Crippen molar-refractivity contribution in [2.75, 3.05) is 0 Å². The zero-order chi connectivity index (χ0) is 33.7. The van der Waals surface area contributed by atoms with E-state index in [0.717, 1.165) is 33.8 Å². The molecule has 12 heteroatoms. The van der Waals surface area contributed by atoms with E-state index in [9.17, 15) is 0 Å². The summed E-state index contributed by atoms with van der Waals surface area (Å²) in [6, 6.07) is 36.4. The van der Waals surface area contributed by atoms with Crippen LogP contribution in [0, 0.1) is 0 Å². The average Bonchev–Trinajstić information content (AvgIpc) is 3.91. The standard InChI is InChI=1S/C39H24N12/c1-4-10-28(11-5-1)49-34(46-31-23-40-24-45-37(31)49)25-20-26(35-47-32-38(43-18-16-41-32)50(35)29-12-6-2-7-13-29)22-27(21-25)36-48-33-39(44-19-17-42-33)51(36)30-14-8-3-9-15-30/h1-24H. The second kappa shape index (κ2) is 11.6. The van der Waals surface area contributed by atoms with Crippen LogP contribution in [0.1, 0.15) is 0 Å². The van der Waals surface area contributed by atoms with E-state index in [0.29, 0.717) is 51.2 Å². The first-order valence-electron chi connectivity index (χ1n) is 16.2. The lowest BCUT2D eigenvalue weighted by Crippen LogP contribution is -2.02. The van der Waals surface area contributed by atoms with Gasteiger partial charge in [0.05, 0.1) is 6.20 Å². The second-order valence-electron chi connectivity index (χ2n) is 11.8. The number of hydrogen-bond donors (Lipinski definition) is 0. The molecular weight excluding hydrogens is 637 g/mol. The van der Waals surface area contributed by atoms with E-state index in [-0.39, 0.29) is 0 Å². The summed E-state index contributed by atoms with van der Waals surface area (Å²) < 4.78 is 6.10. The highest BCUT2D eigenvalue weighted by Crippen LogP contribution is 2.37. The number of nitrogens with zero attached hydrogens (tertiary/aromatic N) is 12. The minimum absolute atomic E-state index is 0.528. The van der Waals surface area contributed by atoms with Crippen molar-refractivity contribution in [3.05, 3.63) is 147 Å². The number of aromatic nitrogens is 12. The predicted octanol–water partition coefficient (Wildman–Crippen LogP) is 7.07. The van der Waals surface area contributed by atoms with Gasteiger partial charge in [0.1, 0.15) is 29.3 Å². The lowest BCUT2D eigenvalue weighted by Gasteiger charge is -2.14. The molecule has 0 atom stereocenters. The third-order valence-electron chi connectivity index (χ3n) is 8.66. The smallest absolute Gasteiger partial charge is 0.198 e. The van der Waals surface area contributed by atoms with E-state index in [1.807, 2.05) is 105 Å². The summed E-state index contributed by atoms with van der Waals surface area (Å²) in [7, 11) is 0. The van der Waals surface area contributed by atoms with Gasteiger partial charge in [-0.25, -0.2) is 44.9 Å². The van der Waals surface area contributed by atoms with E-state index >= 15 is 0 Å². The van der Waals surface area contributed by atoms with Crippen LogP contribution in [0.4, 0.5) is 0 Å². The van der Waals surface area contributed by atoms with Crippen LogP contribution in [0.25, 0.3) is 85.0 Å². The Labute approximate surface area is 289 Å². The predicted molar refractivity (Wildman–Crippen MR) is 193 cm³/mol. The molecule has 0 aliphatic heterocycles. The van der Waals surface area contributed by atoms with E-state index in [1.54, 1.807) is 37.3 Å². The van der Waals surface area contributed by atoms with Crippen LogP contribution in [0.15, 0.2) is 147 Å². The van der Waals surface area contributed by atoms with Gasteiger partial charge < -0.3 is 0 Å². The third kappa shape index (κ3) is 4.73. The first-order chi connectivity index (χ1) is 25.3. The number of imidazole rings is 3. The molecule has 0 aliphatic carbocycles. The van der Waals surface area contributed by atoms with Gasteiger partial charge in [0, 0.05) is 58.5 Å². The molecule has 0 aliphatic rings. The molecule has 0 radical (unpaired) electrons. The molecule has 0 saturated carbocycles. The Balaban J connectivity index is 1.31. The molecule has 0 saturated heterocycles. The van der Waals surface area contributed by atoms with Crippen molar-refractivity contribution in [1.29, 1.82) is 0 Å². The van der Waals surface area contributed by atoms with Gasteiger partial charge >= 0.3 is 0 Å². The molecule has 10 rings (SSSR count). The van der Waals surface area contributed by atoms with Gasteiger partial charge in [-0.05, 0) is 54.6 Å². The SMILES string of the molecule is c1ccc(-n2c(-c3cc(-c4nc5nccnc5n4-c4ccccc4)cc(-c4nc5nccnc5n4-c4ccccc4)c3)nc3cncnc32)cc1. The summed E-state index contributed by atoms with van der Waals surface area (Å²) in [5.41, 5.74) is 8.82. The van der Waals surface area contributed by atoms with Crippen LogP contribution in [-0.4, -0.2) is 58.6 Å². The maximum absolute atomic E-state index is 5.11. The van der Waals surface area contributed by atoms with Crippen LogP contribution in [0.5, 0.6) is 0 Å². The maximum Gasteiger partial charge on any atom is 0.198 e. The van der Waals surface area contributed by atoms with Crippen LogP contribution in [0.3, 0.4) is 0 Å². The van der Waals surface area contributed by atoms with Crippen molar-refractivity contribution in [3.63, 3.8) is 0 Å². The molecule has 10 aromatic rings. The van der Waals surface area contributed by atoms with Crippen LogP contribution in [-0.2, 0) is 0 Å². The Kier molecular flexibility index (Phi) is 6.49. The molecule has 6 aromatic heterocycles. The Morgan fingerprint density at radius 3 is 1.27 bits per heavy atom. The van der Waals surface area contributed by atoms with Gasteiger partial charge in [-0.3, -0.25) is 13.7 Å². The lowest BCUT2D eigenvalue weighted by atomic mass is 10.0. The zero-order valence-electron chi connectivity index (χ0n) is 26.7. The van der Waals surface area contributed by atoms with Gasteiger partial charge in [-0.15, -0.1) is 0 Å². The quantitative estimate of drug-likeness (QED) is 0.184. The first kappa shape index (κ1) is 28.5. The van der Waals surface area contributed by atoms with E-state index in [1.165, 1.54) is 0 Å². The van der Waals surface area contributed by atoms with Gasteiger partial charge in [0.25, 0.3) is 0 Å². The highest BCUT2D eigenvalue weighted by molar-refractivity contribution is 5.86. The summed E-state index contributed by atoms with van der Waals surface area (Å²) in [4.78, 5) is 42.7. The molecule has 0 spiro atoms. The molecule has 0 amide bonds. The minimum atomic E-state index is 0.528. The van der Waals surface area contributed by atoms with E-state index < -0.39 is 0 Å². The topological polar surface area (TPSA) is 131 Å². The molecule has 0 unspecified atom stereocenters. The normalized spacial score (nSPS) is 11.5. The van der Waals surface area contributed by atoms with Crippen molar-refractivity contribution >= 4 is 33.8 Å². The molecule has 6 heterocycles. The van der Waals surface area contributed by atoms with Crippen molar-refractivity contribution < 1.29 is 0 Å². The van der Waals surface area contributed by atoms with Crippen molar-refractivity contribution in [3.8, 4) is 51.2 Å². The Bertz CT molecular complexity index is 2540. The first-order valence-corrected chi connectivity index (χ1v) is 16.2. The highest BCUT2D eigenvalue weighted by atomic mass is 15.2. The lowest BCUT2D eigenvalue weighted by molar-refractivity contribution is 1.06. The minimum Gasteiger partial charge on any atom is -0.277 e. The fraction of sp³-hybridized carbons (Fsp3) is 0. The second-order valence-corrected chi connectivity index (χ2v) is 11.8. The van der Waals surface area contributed by atoms with Gasteiger partial charge in [0.2, 0.25) is 0 Å². The number of benzene rings is 4. The molecule has 51 heavy (non-hydrogen) atoms. The number of para-hydroxylation sites is 3. The Morgan fingerprint density at radius 1 is 0.392 bits per heavy atom. The molecule has 12 nitrogen and oxygen atoms in total. The Morgan fingerprint density at radius 2 is 0.804 bits per heavy atom. The van der Waals surface area contributed by atoms with Gasteiger partial charge in [0.15, 0.2) is 28.2 Å². The van der Waals surface area contributed by atoms with Crippen LogP contribution in [0.2, 0.25) is 0 Å². The third-order valence-corrected chi connectivity index (χ3v) is 8.66. The summed E-state index contributed by atoms with van der Waals surface area (Å²) in [5.74, 6) is 2.00. The molecule has 0 N–H and O–H groups in total. The summed E-state index contributed by atoms with van der Waals surface area (Å²) >= 11 is 0. The van der Waals surface area contributed by atoms with Crippen LogP contribution < -0.4 is 0 Å². The average molecular weight is 661 g/mol. The van der Waals surface area contributed by atoms with Crippen molar-refractivity contribution in [2.45, 2.75) is 0 Å². The van der Waals surface area contributed by atoms with E-state index in [4.69, 9.17) is 24.9 Å². The fourth-order valence-electron chi connectivity index (χ4n) is 6.51. The van der Waals surface area contributed by atoms with E-state index in [2.05, 4.69) is 38.1 Å². The summed E-state index contributed by atoms with van der Waals surface area (Å²) in [5, 5.41) is 0. The summed E-state index contributed by atoms with van der Waals surface area (Å²) in [6.07, 6.45) is 9.94. The molecule has 0 fully saturated rings. The van der Waals surface area contributed by atoms with Gasteiger partial charge in [-0.2, -0.15) is 0 Å². The largest absolute Gasteiger partial charge is 0.277 e. The number of fused-ring (bicyclic) bond motifs is 3. The van der Waals surface area contributed by atoms with Gasteiger partial charge in [-0.1, -0.05) is 54.6 Å². The van der Waals surface area contributed by atoms with Crippen molar-refractivity contribution in [1.82, 2.24) is 58.6 Å². The molecule has 4 aromatic carbocycles. The molecule has 0 bridgehead atoms. The molecule has 240 valence electrons. The fourth-order valence-corrected chi connectivity index (χ4v) is 6.51. The number of hydrogen-bond acceptors (Lipinski definition) is 9. The Hall–Kier alpha value is -7.47. The van der Waals surface area contributed by atoms with Crippen molar-refractivity contribution in [2.24, 2.45) is 0 Å². The zero-order valence-corrected chi connectivity index (χ0v) is 26.7. The summed E-state index contributed by atoms with van der Waals surface area (Å²) in [6.45, 7) is 0. The van der Waals surface area contributed by atoms with Crippen LogP contribution >= 0.6 is 0 Å². The monoisotopic (exact) mass is 660 g/mol. The number of rotatable bonds is 6. The maximum atomic E-state index is 5.11. The molecular formula is C39H24N12.